The van der Waals surface area contributed by atoms with Gasteiger partial charge in [0.05, 0.1) is 0 Å². The van der Waals surface area contributed by atoms with Gasteiger partial charge in [-0.25, -0.2) is 0 Å². The Morgan fingerprint density at radius 3 is 2.55 bits per heavy atom. The van der Waals surface area contributed by atoms with E-state index >= 15 is 0 Å². The highest BCUT2D eigenvalue weighted by Gasteiger charge is 2.06. The Kier molecular flexibility index (Phi) is 7.71. The molecule has 1 amide bonds. The molecular weight excluding hydrogens is 246 g/mol. The Balaban J connectivity index is 2.37. The summed E-state index contributed by atoms with van der Waals surface area (Å²) in [5, 5.41) is 0. The lowest BCUT2D eigenvalue weighted by Crippen LogP contribution is -2.14. The fraction of sp³-hybridized carbons (Fsp3) is 0.500. The van der Waals surface area contributed by atoms with Crippen molar-refractivity contribution in [3.05, 3.63) is 47.5 Å². The van der Waals surface area contributed by atoms with Gasteiger partial charge in [-0.05, 0) is 43.6 Å². The normalized spacial score (nSPS) is 13.2. The average molecular weight is 273 g/mol. The number of amides is 1. The maximum Gasteiger partial charge on any atom is 0.244 e. The van der Waals surface area contributed by atoms with E-state index in [-0.39, 0.29) is 5.91 Å². The van der Waals surface area contributed by atoms with Crippen LogP contribution in [0.15, 0.2) is 42.0 Å². The van der Waals surface area contributed by atoms with Crippen molar-refractivity contribution in [2.45, 2.75) is 58.3 Å². The van der Waals surface area contributed by atoms with E-state index in [0.29, 0.717) is 5.92 Å². The largest absolute Gasteiger partial charge is 0.366 e. The van der Waals surface area contributed by atoms with Gasteiger partial charge in [0, 0.05) is 5.57 Å². The third-order valence-corrected chi connectivity index (χ3v) is 3.72. The Bertz CT molecular complexity index is 422. The van der Waals surface area contributed by atoms with E-state index in [9.17, 15) is 4.79 Å². The van der Waals surface area contributed by atoms with Crippen LogP contribution in [0.2, 0.25) is 0 Å². The zero-order chi connectivity index (χ0) is 14.8. The predicted molar refractivity (Wildman–Crippen MR) is 85.5 cm³/mol. The van der Waals surface area contributed by atoms with Crippen LogP contribution in [0.25, 0.3) is 0 Å². The highest BCUT2D eigenvalue weighted by molar-refractivity contribution is 5.91. The molecular formula is C18H27NO. The monoisotopic (exact) mass is 273 g/mol. The molecule has 1 aromatic carbocycles. The van der Waals surface area contributed by atoms with Gasteiger partial charge in [0.25, 0.3) is 0 Å². The van der Waals surface area contributed by atoms with Crippen LogP contribution in [-0.2, 0) is 4.79 Å². The first-order valence-corrected chi connectivity index (χ1v) is 7.69. The SMILES string of the molecule is CCCCC(=CCCCC(C)c1ccccc1)C(N)=O. The highest BCUT2D eigenvalue weighted by Crippen LogP contribution is 2.21. The summed E-state index contributed by atoms with van der Waals surface area (Å²) in [5.74, 6) is 0.312. The number of nitrogens with two attached hydrogens (primary N) is 1. The number of hydrogen-bond acceptors (Lipinski definition) is 1. The zero-order valence-electron chi connectivity index (χ0n) is 12.8. The summed E-state index contributed by atoms with van der Waals surface area (Å²) < 4.78 is 0. The molecule has 0 aliphatic carbocycles. The zero-order valence-corrected chi connectivity index (χ0v) is 12.8. The van der Waals surface area contributed by atoms with E-state index in [1.807, 2.05) is 12.1 Å². The molecule has 110 valence electrons. The van der Waals surface area contributed by atoms with Crippen molar-refractivity contribution in [2.24, 2.45) is 5.73 Å². The summed E-state index contributed by atoms with van der Waals surface area (Å²) in [6.07, 6.45) is 8.17. The number of carbonyl (C=O) groups is 1. The van der Waals surface area contributed by atoms with E-state index in [1.165, 1.54) is 5.56 Å². The van der Waals surface area contributed by atoms with Crippen LogP contribution in [0.1, 0.15) is 63.9 Å². The van der Waals surface area contributed by atoms with Gasteiger partial charge in [-0.15, -0.1) is 0 Å². The van der Waals surface area contributed by atoms with E-state index in [0.717, 1.165) is 44.1 Å². The molecule has 20 heavy (non-hydrogen) atoms. The summed E-state index contributed by atoms with van der Waals surface area (Å²) in [7, 11) is 0. The minimum atomic E-state index is -0.255. The first-order valence-electron chi connectivity index (χ1n) is 7.69. The van der Waals surface area contributed by atoms with Gasteiger partial charge in [-0.3, -0.25) is 4.79 Å². The van der Waals surface area contributed by atoms with Crippen molar-refractivity contribution in [3.8, 4) is 0 Å². The molecule has 1 unspecified atom stereocenters. The molecule has 0 saturated heterocycles. The maximum absolute atomic E-state index is 11.3. The van der Waals surface area contributed by atoms with Gasteiger partial charge in [0.1, 0.15) is 0 Å². The van der Waals surface area contributed by atoms with Crippen molar-refractivity contribution in [1.29, 1.82) is 0 Å². The Labute approximate surface area is 123 Å². The number of primary amides is 1. The quantitative estimate of drug-likeness (QED) is 0.520. The third kappa shape index (κ3) is 6.05. The molecule has 0 aromatic heterocycles. The van der Waals surface area contributed by atoms with Crippen LogP contribution in [0.3, 0.4) is 0 Å². The summed E-state index contributed by atoms with van der Waals surface area (Å²) in [6.45, 7) is 4.38. The number of unbranched alkanes of at least 4 members (excludes halogenated alkanes) is 2. The van der Waals surface area contributed by atoms with Gasteiger partial charge in [-0.2, -0.15) is 0 Å². The summed E-state index contributed by atoms with van der Waals surface area (Å²) in [4.78, 5) is 11.3. The molecule has 0 aliphatic heterocycles. The van der Waals surface area contributed by atoms with Gasteiger partial charge >= 0.3 is 0 Å². The van der Waals surface area contributed by atoms with Crippen LogP contribution in [0.4, 0.5) is 0 Å². The lowest BCUT2D eigenvalue weighted by atomic mass is 9.95. The van der Waals surface area contributed by atoms with Gasteiger partial charge in [0.2, 0.25) is 5.91 Å². The summed E-state index contributed by atoms with van der Waals surface area (Å²) >= 11 is 0. The van der Waals surface area contributed by atoms with Crippen LogP contribution in [0.5, 0.6) is 0 Å². The standard InChI is InChI=1S/C18H27NO/c1-3-4-11-17(18(19)20)14-9-8-10-15(2)16-12-6-5-7-13-16/h5-7,12-15H,3-4,8-11H2,1-2H3,(H2,19,20). The molecule has 0 fully saturated rings. The summed E-state index contributed by atoms with van der Waals surface area (Å²) in [6, 6.07) is 10.6. The molecule has 2 N–H and O–H groups in total. The number of benzene rings is 1. The minimum Gasteiger partial charge on any atom is -0.366 e. The molecule has 2 heteroatoms. The molecule has 1 atom stereocenters. The van der Waals surface area contributed by atoms with Crippen molar-refractivity contribution in [1.82, 2.24) is 0 Å². The smallest absolute Gasteiger partial charge is 0.244 e. The molecule has 1 aromatic rings. The van der Waals surface area contributed by atoms with Crippen molar-refractivity contribution in [3.63, 3.8) is 0 Å². The van der Waals surface area contributed by atoms with E-state index < -0.39 is 0 Å². The molecule has 1 rings (SSSR count). The number of rotatable bonds is 9. The van der Waals surface area contributed by atoms with Crippen molar-refractivity contribution < 1.29 is 4.79 Å². The van der Waals surface area contributed by atoms with Crippen LogP contribution < -0.4 is 5.73 Å². The van der Waals surface area contributed by atoms with Crippen LogP contribution in [-0.4, -0.2) is 5.91 Å². The second-order valence-corrected chi connectivity index (χ2v) is 5.44. The van der Waals surface area contributed by atoms with Gasteiger partial charge < -0.3 is 5.73 Å². The van der Waals surface area contributed by atoms with Crippen LogP contribution in [0, 0.1) is 0 Å². The van der Waals surface area contributed by atoms with Crippen molar-refractivity contribution in [2.75, 3.05) is 0 Å². The van der Waals surface area contributed by atoms with Gasteiger partial charge in [0.15, 0.2) is 0 Å². The molecule has 0 bridgehead atoms. The lowest BCUT2D eigenvalue weighted by Gasteiger charge is -2.11. The minimum absolute atomic E-state index is 0.255. The number of carbonyl (C=O) groups excluding carboxylic acids is 1. The number of allylic oxidation sites excluding steroid dienone is 1. The highest BCUT2D eigenvalue weighted by atomic mass is 16.1. The Hall–Kier alpha value is -1.57. The van der Waals surface area contributed by atoms with Gasteiger partial charge in [-0.1, -0.05) is 56.7 Å². The molecule has 0 aliphatic rings. The second-order valence-electron chi connectivity index (χ2n) is 5.44. The topological polar surface area (TPSA) is 43.1 Å². The first-order chi connectivity index (χ1) is 9.65. The molecule has 2 nitrogen and oxygen atoms in total. The molecule has 0 radical (unpaired) electrons. The van der Waals surface area contributed by atoms with Crippen LogP contribution >= 0.6 is 0 Å². The Morgan fingerprint density at radius 2 is 1.95 bits per heavy atom. The first kappa shape index (κ1) is 16.5. The van der Waals surface area contributed by atoms with Crippen molar-refractivity contribution >= 4 is 5.91 Å². The molecule has 0 heterocycles. The third-order valence-electron chi connectivity index (χ3n) is 3.72. The summed E-state index contributed by atoms with van der Waals surface area (Å²) in [5.41, 5.74) is 7.59. The van der Waals surface area contributed by atoms with E-state index in [1.54, 1.807) is 0 Å². The number of hydrogen-bond donors (Lipinski definition) is 1. The molecule has 0 spiro atoms. The predicted octanol–water partition coefficient (Wildman–Crippen LogP) is 4.56. The molecule has 0 saturated carbocycles. The second kappa shape index (κ2) is 9.35. The fourth-order valence-electron chi connectivity index (χ4n) is 2.34. The Morgan fingerprint density at radius 1 is 1.25 bits per heavy atom. The lowest BCUT2D eigenvalue weighted by molar-refractivity contribution is -0.114. The van der Waals surface area contributed by atoms with E-state index in [2.05, 4.69) is 38.1 Å². The van der Waals surface area contributed by atoms with E-state index in [4.69, 9.17) is 5.73 Å². The fourth-order valence-corrected chi connectivity index (χ4v) is 2.34. The average Bonchev–Trinajstić information content (AvgIpc) is 2.46. The maximum atomic E-state index is 11.3.